The summed E-state index contributed by atoms with van der Waals surface area (Å²) in [6, 6.07) is 1.28. The van der Waals surface area contributed by atoms with Crippen LogP contribution >= 0.6 is 11.6 Å². The van der Waals surface area contributed by atoms with E-state index in [-0.39, 0.29) is 16.4 Å². The fourth-order valence-corrected chi connectivity index (χ4v) is 1.77. The van der Waals surface area contributed by atoms with Crippen LogP contribution in [0.4, 0.5) is 18.9 Å². The predicted octanol–water partition coefficient (Wildman–Crippen LogP) is 3.46. The van der Waals surface area contributed by atoms with Gasteiger partial charge in [-0.25, -0.2) is 4.98 Å². The minimum atomic E-state index is -5.00. The average Bonchev–Trinajstić information content (AvgIpc) is 2.27. The molecule has 1 aromatic heterocycles. The Hall–Kier alpha value is -1.52. The number of hydrogen-bond donors (Lipinski definition) is 1. The second-order valence-electron chi connectivity index (χ2n) is 4.97. The highest BCUT2D eigenvalue weighted by molar-refractivity contribution is 6.83. The molecule has 108 valence electrons. The van der Waals surface area contributed by atoms with E-state index in [1.54, 1.807) is 5.32 Å². The molecule has 0 saturated carbocycles. The number of pyridine rings is 1. The fourth-order valence-electron chi connectivity index (χ4n) is 1.08. The molecule has 0 radical (unpaired) electrons. The lowest BCUT2D eigenvalue weighted by molar-refractivity contribution is -0.167. The van der Waals surface area contributed by atoms with Crippen molar-refractivity contribution in [1.29, 1.82) is 0 Å². The Kier molecular flexibility index (Phi) is 4.84. The summed E-state index contributed by atoms with van der Waals surface area (Å²) in [7, 11) is -1.74. The maximum Gasteiger partial charge on any atom is 0.471 e. The SMILES string of the molecule is C[Si](C)(C)C#Cc1nccc(Cl)c1NC(=O)C(F)(F)F. The standard InChI is InChI=1S/C12H12ClF3N2OSi/c1-20(2,3)7-5-9-10(8(13)4-6-17-9)18-11(19)12(14,15)16/h4,6H,1-3H3,(H,18,19). The van der Waals surface area contributed by atoms with Gasteiger partial charge in [0.05, 0.1) is 10.7 Å². The van der Waals surface area contributed by atoms with Gasteiger partial charge in [-0.1, -0.05) is 37.2 Å². The molecule has 0 atom stereocenters. The largest absolute Gasteiger partial charge is 0.471 e. The number of alkyl halides is 3. The zero-order valence-electron chi connectivity index (χ0n) is 11.0. The molecule has 20 heavy (non-hydrogen) atoms. The van der Waals surface area contributed by atoms with E-state index >= 15 is 0 Å². The number of nitrogens with zero attached hydrogens (tertiary/aromatic N) is 1. The highest BCUT2D eigenvalue weighted by atomic mass is 35.5. The van der Waals surface area contributed by atoms with Gasteiger partial charge in [0, 0.05) is 6.20 Å². The van der Waals surface area contributed by atoms with Gasteiger partial charge >= 0.3 is 12.1 Å². The van der Waals surface area contributed by atoms with Crippen molar-refractivity contribution >= 4 is 31.3 Å². The smallest absolute Gasteiger partial charge is 0.315 e. The molecule has 0 bridgehead atoms. The predicted molar refractivity (Wildman–Crippen MR) is 74.2 cm³/mol. The number of nitrogens with one attached hydrogen (secondary N) is 1. The van der Waals surface area contributed by atoms with E-state index in [1.165, 1.54) is 12.3 Å². The normalized spacial score (nSPS) is 11.6. The fraction of sp³-hybridized carbons (Fsp3) is 0.333. The number of carbonyl (C=O) groups is 1. The minimum absolute atomic E-state index is 0.0255. The third kappa shape index (κ3) is 4.87. The van der Waals surface area contributed by atoms with Crippen molar-refractivity contribution in [2.24, 2.45) is 0 Å². The summed E-state index contributed by atoms with van der Waals surface area (Å²) in [5.41, 5.74) is 2.76. The van der Waals surface area contributed by atoms with Crippen molar-refractivity contribution in [3.63, 3.8) is 0 Å². The van der Waals surface area contributed by atoms with Crippen LogP contribution in [0.3, 0.4) is 0 Å². The number of amides is 1. The molecule has 1 heterocycles. The number of anilines is 1. The third-order valence-corrected chi connectivity index (χ3v) is 3.14. The van der Waals surface area contributed by atoms with Gasteiger partial charge in [-0.05, 0) is 6.07 Å². The molecule has 0 aliphatic carbocycles. The topological polar surface area (TPSA) is 42.0 Å². The molecule has 0 fully saturated rings. The Morgan fingerprint density at radius 2 is 2.00 bits per heavy atom. The summed E-state index contributed by atoms with van der Waals surface area (Å²) in [5.74, 6) is 0.577. The Morgan fingerprint density at radius 3 is 2.50 bits per heavy atom. The molecule has 0 saturated heterocycles. The molecule has 8 heteroatoms. The lowest BCUT2D eigenvalue weighted by atomic mass is 10.3. The van der Waals surface area contributed by atoms with Crippen LogP contribution in [-0.2, 0) is 4.79 Å². The van der Waals surface area contributed by atoms with E-state index in [2.05, 4.69) is 16.4 Å². The first kappa shape index (κ1) is 16.5. The molecule has 1 amide bonds. The van der Waals surface area contributed by atoms with Crippen molar-refractivity contribution in [3.8, 4) is 11.5 Å². The Balaban J connectivity index is 3.19. The van der Waals surface area contributed by atoms with Gasteiger partial charge in [-0.15, -0.1) is 5.54 Å². The second-order valence-corrected chi connectivity index (χ2v) is 10.1. The third-order valence-electron chi connectivity index (χ3n) is 1.95. The quantitative estimate of drug-likeness (QED) is 0.636. The first-order valence-electron chi connectivity index (χ1n) is 5.56. The van der Waals surface area contributed by atoms with Crippen LogP contribution < -0.4 is 5.32 Å². The number of carbonyl (C=O) groups excluding carboxylic acids is 1. The molecular formula is C12H12ClF3N2OSi. The van der Waals surface area contributed by atoms with Gasteiger partial charge in [0.25, 0.3) is 0 Å². The van der Waals surface area contributed by atoms with E-state index in [0.717, 1.165) is 0 Å². The average molecular weight is 321 g/mol. The van der Waals surface area contributed by atoms with Gasteiger partial charge in [0.15, 0.2) is 0 Å². The molecule has 0 aromatic carbocycles. The van der Waals surface area contributed by atoms with Gasteiger partial charge in [0.1, 0.15) is 13.8 Å². The summed E-state index contributed by atoms with van der Waals surface area (Å²) < 4.78 is 36.8. The molecule has 1 aromatic rings. The Bertz CT molecular complexity index is 585. The van der Waals surface area contributed by atoms with Crippen molar-refractivity contribution in [1.82, 2.24) is 4.98 Å². The maximum atomic E-state index is 12.3. The summed E-state index contributed by atoms with van der Waals surface area (Å²) in [4.78, 5) is 14.8. The summed E-state index contributed by atoms with van der Waals surface area (Å²) in [5, 5.41) is 1.67. The number of hydrogen-bond acceptors (Lipinski definition) is 2. The highest BCUT2D eigenvalue weighted by Crippen LogP contribution is 2.26. The lowest BCUT2D eigenvalue weighted by Crippen LogP contribution is -2.30. The van der Waals surface area contributed by atoms with Gasteiger partial charge < -0.3 is 5.32 Å². The lowest BCUT2D eigenvalue weighted by Gasteiger charge is -2.11. The van der Waals surface area contributed by atoms with Crippen molar-refractivity contribution in [3.05, 3.63) is 23.0 Å². The monoisotopic (exact) mass is 320 g/mol. The van der Waals surface area contributed by atoms with Crippen LogP contribution in [0.2, 0.25) is 24.7 Å². The summed E-state index contributed by atoms with van der Waals surface area (Å²) >= 11 is 5.80. The number of halogens is 4. The van der Waals surface area contributed by atoms with E-state index in [9.17, 15) is 18.0 Å². The Morgan fingerprint density at radius 1 is 1.40 bits per heavy atom. The zero-order chi connectivity index (χ0) is 15.6. The van der Waals surface area contributed by atoms with Crippen molar-refractivity contribution in [2.75, 3.05) is 5.32 Å². The molecule has 1 N–H and O–H groups in total. The van der Waals surface area contributed by atoms with Gasteiger partial charge in [0.2, 0.25) is 0 Å². The summed E-state index contributed by atoms with van der Waals surface area (Å²) in [6.45, 7) is 5.91. The molecule has 3 nitrogen and oxygen atoms in total. The van der Waals surface area contributed by atoms with E-state index in [1.807, 2.05) is 19.6 Å². The number of aromatic nitrogens is 1. The summed E-state index contributed by atoms with van der Waals surface area (Å²) in [6.07, 6.45) is -3.68. The molecule has 0 spiro atoms. The first-order chi connectivity index (χ1) is 9.00. The zero-order valence-corrected chi connectivity index (χ0v) is 12.8. The molecule has 0 unspecified atom stereocenters. The highest BCUT2D eigenvalue weighted by Gasteiger charge is 2.39. The second kappa shape index (κ2) is 5.85. The van der Waals surface area contributed by atoms with E-state index in [0.29, 0.717) is 0 Å². The van der Waals surface area contributed by atoms with Crippen molar-refractivity contribution < 1.29 is 18.0 Å². The molecule has 0 aliphatic rings. The van der Waals surface area contributed by atoms with Crippen LogP contribution in [0, 0.1) is 11.5 Å². The number of rotatable bonds is 1. The van der Waals surface area contributed by atoms with Crippen LogP contribution in [0.25, 0.3) is 0 Å². The van der Waals surface area contributed by atoms with E-state index in [4.69, 9.17) is 11.6 Å². The molecule has 1 rings (SSSR count). The van der Waals surface area contributed by atoms with Crippen LogP contribution in [-0.4, -0.2) is 25.1 Å². The molecular weight excluding hydrogens is 309 g/mol. The first-order valence-corrected chi connectivity index (χ1v) is 9.44. The maximum absolute atomic E-state index is 12.3. The van der Waals surface area contributed by atoms with Crippen molar-refractivity contribution in [2.45, 2.75) is 25.8 Å². The Labute approximate surface area is 120 Å². The molecule has 0 aliphatic heterocycles. The van der Waals surface area contributed by atoms with Gasteiger partial charge in [-0.2, -0.15) is 13.2 Å². The van der Waals surface area contributed by atoms with Crippen LogP contribution in [0.15, 0.2) is 12.3 Å². The van der Waals surface area contributed by atoms with Gasteiger partial charge in [-0.3, -0.25) is 4.79 Å². The van der Waals surface area contributed by atoms with E-state index < -0.39 is 20.2 Å². The van der Waals surface area contributed by atoms with Crippen LogP contribution in [0.1, 0.15) is 5.69 Å². The minimum Gasteiger partial charge on any atom is -0.315 e. The van der Waals surface area contributed by atoms with Crippen LogP contribution in [0.5, 0.6) is 0 Å².